The molecule has 84 valence electrons. The van der Waals surface area contributed by atoms with Crippen LogP contribution >= 0.6 is 0 Å². The van der Waals surface area contributed by atoms with E-state index in [4.69, 9.17) is 5.73 Å². The van der Waals surface area contributed by atoms with E-state index in [0.29, 0.717) is 17.1 Å². The summed E-state index contributed by atoms with van der Waals surface area (Å²) in [5, 5.41) is 7.73. The van der Waals surface area contributed by atoms with E-state index in [-0.39, 0.29) is 11.9 Å². The summed E-state index contributed by atoms with van der Waals surface area (Å²) in [5.41, 5.74) is 6.31. The van der Waals surface area contributed by atoms with Crippen molar-refractivity contribution >= 4 is 5.69 Å². The molecular weight excluding hydrogens is 207 g/mol. The molecule has 2 rings (SSSR count). The number of hydrogen-bond acceptors (Lipinski definition) is 3. The zero-order valence-electron chi connectivity index (χ0n) is 9.18. The minimum Gasteiger partial charge on any atom is -0.399 e. The summed E-state index contributed by atoms with van der Waals surface area (Å²) in [6.45, 7) is 3.98. The maximum atomic E-state index is 13.7. The molecule has 2 aromatic rings. The molecule has 0 aliphatic heterocycles. The van der Waals surface area contributed by atoms with E-state index in [1.54, 1.807) is 18.5 Å². The highest BCUT2D eigenvalue weighted by Gasteiger charge is 2.13. The number of nitrogens with two attached hydrogens (primary N) is 1. The maximum Gasteiger partial charge on any atom is 0.166 e. The van der Waals surface area contributed by atoms with Crippen LogP contribution in [0.4, 0.5) is 10.1 Å². The van der Waals surface area contributed by atoms with Crippen LogP contribution in [0.15, 0.2) is 24.5 Å². The van der Waals surface area contributed by atoms with Crippen molar-refractivity contribution in [1.29, 1.82) is 0 Å². The fraction of sp³-hybridized carbons (Fsp3) is 0.273. The van der Waals surface area contributed by atoms with Crippen LogP contribution < -0.4 is 5.73 Å². The molecule has 0 aliphatic rings. The molecular formula is C11H13FN4. The SMILES string of the molecule is CC(C)n1cnnc1-c1ccc(N)cc1F. The average molecular weight is 220 g/mol. The first-order valence-electron chi connectivity index (χ1n) is 5.04. The average Bonchev–Trinajstić information content (AvgIpc) is 2.66. The summed E-state index contributed by atoms with van der Waals surface area (Å²) in [6.07, 6.45) is 1.59. The molecule has 0 bridgehead atoms. The quantitative estimate of drug-likeness (QED) is 0.790. The van der Waals surface area contributed by atoms with Crippen LogP contribution in [0.3, 0.4) is 0 Å². The second kappa shape index (κ2) is 3.92. The van der Waals surface area contributed by atoms with Gasteiger partial charge in [0.05, 0.1) is 5.56 Å². The number of benzene rings is 1. The van der Waals surface area contributed by atoms with Crippen LogP contribution in [0.5, 0.6) is 0 Å². The predicted octanol–water partition coefficient (Wildman–Crippen LogP) is 2.25. The molecule has 1 aromatic carbocycles. The van der Waals surface area contributed by atoms with Crippen LogP contribution in [0, 0.1) is 5.82 Å². The van der Waals surface area contributed by atoms with E-state index < -0.39 is 0 Å². The highest BCUT2D eigenvalue weighted by molar-refractivity contribution is 5.59. The fourth-order valence-corrected chi connectivity index (χ4v) is 1.53. The molecule has 16 heavy (non-hydrogen) atoms. The van der Waals surface area contributed by atoms with Gasteiger partial charge in [0.15, 0.2) is 5.82 Å². The largest absolute Gasteiger partial charge is 0.399 e. The van der Waals surface area contributed by atoms with Gasteiger partial charge >= 0.3 is 0 Å². The Morgan fingerprint density at radius 2 is 2.12 bits per heavy atom. The van der Waals surface area contributed by atoms with Crippen molar-refractivity contribution < 1.29 is 4.39 Å². The highest BCUT2D eigenvalue weighted by atomic mass is 19.1. The maximum absolute atomic E-state index is 13.7. The third-order valence-corrected chi connectivity index (χ3v) is 2.36. The second-order valence-corrected chi connectivity index (χ2v) is 3.89. The molecule has 5 heteroatoms. The zero-order chi connectivity index (χ0) is 11.7. The van der Waals surface area contributed by atoms with Gasteiger partial charge in [0.2, 0.25) is 0 Å². The first kappa shape index (κ1) is 10.6. The van der Waals surface area contributed by atoms with Crippen LogP contribution in [0.25, 0.3) is 11.4 Å². The van der Waals surface area contributed by atoms with Gasteiger partial charge in [0, 0.05) is 11.7 Å². The monoisotopic (exact) mass is 220 g/mol. The standard InChI is InChI=1S/C11H13FN4/c1-7(2)16-6-14-15-11(16)9-4-3-8(13)5-10(9)12/h3-7H,13H2,1-2H3. The molecule has 0 amide bonds. The van der Waals surface area contributed by atoms with E-state index in [9.17, 15) is 4.39 Å². The van der Waals surface area contributed by atoms with Gasteiger partial charge in [0.1, 0.15) is 12.1 Å². The first-order chi connectivity index (χ1) is 7.59. The summed E-state index contributed by atoms with van der Waals surface area (Å²) in [4.78, 5) is 0. The summed E-state index contributed by atoms with van der Waals surface area (Å²) >= 11 is 0. The molecule has 0 spiro atoms. The third-order valence-electron chi connectivity index (χ3n) is 2.36. The molecule has 1 heterocycles. The Morgan fingerprint density at radius 3 is 2.75 bits per heavy atom. The number of halogens is 1. The van der Waals surface area contributed by atoms with E-state index >= 15 is 0 Å². The molecule has 4 nitrogen and oxygen atoms in total. The summed E-state index contributed by atoms with van der Waals surface area (Å²) in [7, 11) is 0. The van der Waals surface area contributed by atoms with Crippen molar-refractivity contribution in [3.8, 4) is 11.4 Å². The van der Waals surface area contributed by atoms with E-state index in [1.807, 2.05) is 18.4 Å². The summed E-state index contributed by atoms with van der Waals surface area (Å²) < 4.78 is 15.5. The van der Waals surface area contributed by atoms with Crippen LogP contribution in [0.2, 0.25) is 0 Å². The van der Waals surface area contributed by atoms with Gasteiger partial charge in [-0.25, -0.2) is 4.39 Å². The van der Waals surface area contributed by atoms with Crippen molar-refractivity contribution in [3.05, 3.63) is 30.3 Å². The lowest BCUT2D eigenvalue weighted by Gasteiger charge is -2.10. The van der Waals surface area contributed by atoms with Crippen molar-refractivity contribution in [3.63, 3.8) is 0 Å². The minimum absolute atomic E-state index is 0.182. The molecule has 2 N–H and O–H groups in total. The second-order valence-electron chi connectivity index (χ2n) is 3.89. The Kier molecular flexibility index (Phi) is 2.60. The van der Waals surface area contributed by atoms with Crippen molar-refractivity contribution in [2.45, 2.75) is 19.9 Å². The van der Waals surface area contributed by atoms with Gasteiger partial charge in [0.25, 0.3) is 0 Å². The van der Waals surface area contributed by atoms with Crippen LogP contribution in [-0.4, -0.2) is 14.8 Å². The molecule has 0 radical (unpaired) electrons. The van der Waals surface area contributed by atoms with Gasteiger partial charge in [-0.1, -0.05) is 0 Å². The predicted molar refractivity (Wildman–Crippen MR) is 60.2 cm³/mol. The topological polar surface area (TPSA) is 56.7 Å². The Labute approximate surface area is 92.9 Å². The number of anilines is 1. The Morgan fingerprint density at radius 1 is 1.38 bits per heavy atom. The normalized spacial score (nSPS) is 11.0. The molecule has 0 saturated heterocycles. The van der Waals surface area contributed by atoms with Crippen LogP contribution in [-0.2, 0) is 0 Å². The Bertz CT molecular complexity index is 504. The fourth-order valence-electron chi connectivity index (χ4n) is 1.53. The number of aromatic nitrogens is 3. The number of nitrogen functional groups attached to an aromatic ring is 1. The highest BCUT2D eigenvalue weighted by Crippen LogP contribution is 2.24. The summed E-state index contributed by atoms with van der Waals surface area (Å²) in [5.74, 6) is 0.141. The lowest BCUT2D eigenvalue weighted by Crippen LogP contribution is -2.03. The van der Waals surface area contributed by atoms with E-state index in [0.717, 1.165) is 0 Å². The van der Waals surface area contributed by atoms with E-state index in [1.165, 1.54) is 6.07 Å². The lowest BCUT2D eigenvalue weighted by molar-refractivity contribution is 0.594. The molecule has 0 aliphatic carbocycles. The van der Waals surface area contributed by atoms with Gasteiger partial charge in [-0.05, 0) is 32.0 Å². The molecule has 0 saturated carbocycles. The van der Waals surface area contributed by atoms with Gasteiger partial charge < -0.3 is 10.3 Å². The van der Waals surface area contributed by atoms with Gasteiger partial charge in [-0.3, -0.25) is 0 Å². The number of hydrogen-bond donors (Lipinski definition) is 1. The minimum atomic E-state index is -0.380. The van der Waals surface area contributed by atoms with Crippen molar-refractivity contribution in [1.82, 2.24) is 14.8 Å². The van der Waals surface area contributed by atoms with Crippen LogP contribution in [0.1, 0.15) is 19.9 Å². The molecule has 0 fully saturated rings. The molecule has 1 aromatic heterocycles. The Hall–Kier alpha value is -1.91. The van der Waals surface area contributed by atoms with Crippen molar-refractivity contribution in [2.24, 2.45) is 0 Å². The van der Waals surface area contributed by atoms with Gasteiger partial charge in [-0.15, -0.1) is 10.2 Å². The number of nitrogens with zero attached hydrogens (tertiary/aromatic N) is 3. The first-order valence-corrected chi connectivity index (χ1v) is 5.04. The summed E-state index contributed by atoms with van der Waals surface area (Å²) in [6, 6.07) is 4.74. The van der Waals surface area contributed by atoms with Gasteiger partial charge in [-0.2, -0.15) is 0 Å². The lowest BCUT2D eigenvalue weighted by atomic mass is 10.1. The number of rotatable bonds is 2. The third kappa shape index (κ3) is 1.76. The molecule has 0 atom stereocenters. The van der Waals surface area contributed by atoms with E-state index in [2.05, 4.69) is 10.2 Å². The Balaban J connectivity index is 2.54. The molecule has 0 unspecified atom stereocenters. The zero-order valence-corrected chi connectivity index (χ0v) is 9.18. The van der Waals surface area contributed by atoms with Crippen molar-refractivity contribution in [2.75, 3.05) is 5.73 Å². The smallest absolute Gasteiger partial charge is 0.166 e.